The van der Waals surface area contributed by atoms with Crippen molar-refractivity contribution in [3.63, 3.8) is 0 Å². The van der Waals surface area contributed by atoms with Crippen molar-refractivity contribution in [2.24, 2.45) is 0 Å². The molecule has 61 heavy (non-hydrogen) atoms. The van der Waals surface area contributed by atoms with E-state index < -0.39 is 59.9 Å². The number of rotatable bonds is 43. The molecule has 0 aromatic rings. The van der Waals surface area contributed by atoms with Crippen molar-refractivity contribution in [2.45, 2.75) is 275 Å². The number of unbranched alkanes of at least 4 members (excludes halogenated alkanes) is 29. The van der Waals surface area contributed by atoms with E-state index >= 15 is 0 Å². The molecule has 1 amide bonds. The smallest absolute Gasteiger partial charge is 0.394 e. The molecule has 0 spiro atoms. The fraction of sp³-hybridized carbons (Fsp3) is 0.938. The maximum absolute atomic E-state index is 13.1. The van der Waals surface area contributed by atoms with Gasteiger partial charge in [0.15, 0.2) is 6.29 Å². The van der Waals surface area contributed by atoms with Crippen molar-refractivity contribution >= 4 is 16.3 Å². The molecule has 1 aliphatic rings. The standard InChI is InChI=1S/C48H93NO11S/c1-3-5-7-9-11-13-15-17-19-20-21-22-24-26-28-30-32-34-36-38-44(52)49-41(40-58-48-46(54)47(60-61(55,56)57)45(53)43(39-50)59-48)42(51)37-35-33-31-29-27-25-23-18-16-14-12-10-8-6-4-2/h20-21,41-43,45-48,50-51,53-54H,3-19,22-40H2,1-2H3,(H,49,52)(H,55,56,57)/b21-20-. The molecule has 1 heterocycles. The summed E-state index contributed by atoms with van der Waals surface area (Å²) in [4.78, 5) is 13.1. The van der Waals surface area contributed by atoms with Crippen LogP contribution in [-0.2, 0) is 28.9 Å². The summed E-state index contributed by atoms with van der Waals surface area (Å²) in [7, 11) is -5.08. The first kappa shape index (κ1) is 57.9. The molecule has 1 fully saturated rings. The second-order valence-corrected chi connectivity index (χ2v) is 18.8. The summed E-state index contributed by atoms with van der Waals surface area (Å²) in [6.07, 6.45) is 34.9. The Bertz CT molecular complexity index is 1140. The Balaban J connectivity index is 2.44. The molecule has 362 valence electrons. The summed E-state index contributed by atoms with van der Waals surface area (Å²) in [6.45, 7) is 3.46. The second kappa shape index (κ2) is 39.2. The molecule has 1 rings (SSSR count). The van der Waals surface area contributed by atoms with Gasteiger partial charge in [-0.15, -0.1) is 0 Å². The highest BCUT2D eigenvalue weighted by Gasteiger charge is 2.48. The lowest BCUT2D eigenvalue weighted by Crippen LogP contribution is -2.61. The third-order valence-corrected chi connectivity index (χ3v) is 12.5. The van der Waals surface area contributed by atoms with E-state index in [0.717, 1.165) is 51.4 Å². The Labute approximate surface area is 372 Å². The Morgan fingerprint density at radius 1 is 0.639 bits per heavy atom. The van der Waals surface area contributed by atoms with Crippen molar-refractivity contribution in [1.82, 2.24) is 5.32 Å². The fourth-order valence-electron chi connectivity index (χ4n) is 8.16. The molecule has 7 unspecified atom stereocenters. The van der Waals surface area contributed by atoms with Gasteiger partial charge in [-0.3, -0.25) is 9.35 Å². The SMILES string of the molecule is CCCCCCCCCC/C=C\CCCCCCCCCC(=O)NC(COC1OC(CO)C(O)C(OS(=O)(=O)O)C1O)C(O)CCCCCCCCCCCCCCCCC. The summed E-state index contributed by atoms with van der Waals surface area (Å²) in [5.74, 6) is -0.232. The van der Waals surface area contributed by atoms with Gasteiger partial charge in [-0.1, -0.05) is 199 Å². The summed E-state index contributed by atoms with van der Waals surface area (Å²) < 4.78 is 47.7. The largest absolute Gasteiger partial charge is 0.397 e. The maximum Gasteiger partial charge on any atom is 0.397 e. The van der Waals surface area contributed by atoms with Crippen LogP contribution in [0.2, 0.25) is 0 Å². The van der Waals surface area contributed by atoms with Gasteiger partial charge < -0.3 is 35.2 Å². The molecule has 1 saturated heterocycles. The number of nitrogens with one attached hydrogen (secondary N) is 1. The van der Waals surface area contributed by atoms with Gasteiger partial charge in [0.2, 0.25) is 5.91 Å². The summed E-state index contributed by atoms with van der Waals surface area (Å²) in [5.41, 5.74) is 0. The van der Waals surface area contributed by atoms with E-state index in [1.807, 2.05) is 0 Å². The Kier molecular flexibility index (Phi) is 37.2. The van der Waals surface area contributed by atoms with Crippen molar-refractivity contribution in [2.75, 3.05) is 13.2 Å². The molecule has 0 saturated carbocycles. The number of hydrogen-bond donors (Lipinski definition) is 6. The van der Waals surface area contributed by atoms with Gasteiger partial charge in [0.1, 0.15) is 24.4 Å². The first-order valence-corrected chi connectivity index (χ1v) is 26.4. The predicted molar refractivity (Wildman–Crippen MR) is 246 cm³/mol. The minimum absolute atomic E-state index is 0.232. The lowest BCUT2D eigenvalue weighted by atomic mass is 9.99. The monoisotopic (exact) mass is 892 g/mol. The molecular weight excluding hydrogens is 799 g/mol. The minimum Gasteiger partial charge on any atom is -0.394 e. The van der Waals surface area contributed by atoms with Gasteiger partial charge in [-0.2, -0.15) is 8.42 Å². The van der Waals surface area contributed by atoms with Crippen LogP contribution in [0.25, 0.3) is 0 Å². The summed E-state index contributed by atoms with van der Waals surface area (Å²) >= 11 is 0. The summed E-state index contributed by atoms with van der Waals surface area (Å²) in [5, 5.41) is 44.9. The topological polar surface area (TPSA) is 192 Å². The number of aliphatic hydroxyl groups is 4. The van der Waals surface area contributed by atoms with Gasteiger partial charge in [0.05, 0.1) is 25.4 Å². The van der Waals surface area contributed by atoms with Crippen LogP contribution in [0.15, 0.2) is 12.2 Å². The van der Waals surface area contributed by atoms with Gasteiger partial charge >= 0.3 is 10.4 Å². The average Bonchev–Trinajstić information content (AvgIpc) is 3.23. The number of ether oxygens (including phenoxy) is 2. The zero-order chi connectivity index (χ0) is 44.8. The highest BCUT2D eigenvalue weighted by Crippen LogP contribution is 2.26. The van der Waals surface area contributed by atoms with Crippen molar-refractivity contribution in [3.8, 4) is 0 Å². The van der Waals surface area contributed by atoms with Crippen molar-refractivity contribution in [3.05, 3.63) is 12.2 Å². The van der Waals surface area contributed by atoms with E-state index in [1.54, 1.807) is 0 Å². The molecule has 0 aromatic carbocycles. The third kappa shape index (κ3) is 32.2. The molecule has 0 radical (unpaired) electrons. The zero-order valence-electron chi connectivity index (χ0n) is 38.7. The first-order valence-electron chi connectivity index (χ1n) is 25.1. The van der Waals surface area contributed by atoms with Crippen LogP contribution in [0.3, 0.4) is 0 Å². The number of carbonyl (C=O) groups excluding carboxylic acids is 1. The van der Waals surface area contributed by atoms with Crippen LogP contribution in [0.5, 0.6) is 0 Å². The van der Waals surface area contributed by atoms with Crippen LogP contribution in [0, 0.1) is 0 Å². The molecule has 7 atom stereocenters. The van der Waals surface area contributed by atoms with E-state index in [9.17, 15) is 38.2 Å². The molecule has 1 aliphatic heterocycles. The van der Waals surface area contributed by atoms with E-state index in [2.05, 4.69) is 35.5 Å². The lowest BCUT2D eigenvalue weighted by molar-refractivity contribution is -0.298. The van der Waals surface area contributed by atoms with Crippen LogP contribution < -0.4 is 5.32 Å². The van der Waals surface area contributed by atoms with Crippen molar-refractivity contribution < 1.29 is 51.8 Å². The Morgan fingerprint density at radius 2 is 1.05 bits per heavy atom. The Morgan fingerprint density at radius 3 is 1.48 bits per heavy atom. The van der Waals surface area contributed by atoms with Crippen LogP contribution >= 0.6 is 0 Å². The minimum atomic E-state index is -5.08. The van der Waals surface area contributed by atoms with Crippen LogP contribution in [0.4, 0.5) is 0 Å². The van der Waals surface area contributed by atoms with Gasteiger partial charge in [-0.25, -0.2) is 4.18 Å². The average molecular weight is 892 g/mol. The predicted octanol–water partition coefficient (Wildman–Crippen LogP) is 10.3. The normalized spacial score (nSPS) is 20.7. The molecular formula is C48H93NO11S. The van der Waals surface area contributed by atoms with E-state index in [4.69, 9.17) is 9.47 Å². The maximum atomic E-state index is 13.1. The van der Waals surface area contributed by atoms with E-state index in [1.165, 1.54) is 148 Å². The fourth-order valence-corrected chi connectivity index (χ4v) is 8.67. The molecule has 12 nitrogen and oxygen atoms in total. The van der Waals surface area contributed by atoms with Crippen LogP contribution in [-0.4, -0.2) is 95.4 Å². The molecule has 0 aliphatic carbocycles. The number of aliphatic hydroxyl groups excluding tert-OH is 4. The third-order valence-electron chi connectivity index (χ3n) is 12.1. The van der Waals surface area contributed by atoms with Gasteiger partial charge in [-0.05, 0) is 38.5 Å². The first-order chi connectivity index (χ1) is 29.5. The lowest BCUT2D eigenvalue weighted by Gasteiger charge is -2.41. The molecule has 0 aromatic heterocycles. The van der Waals surface area contributed by atoms with Crippen LogP contribution in [0.1, 0.15) is 232 Å². The van der Waals surface area contributed by atoms with E-state index in [0.29, 0.717) is 12.8 Å². The number of allylic oxidation sites excluding steroid dienone is 2. The Hall–Kier alpha value is -1.16. The van der Waals surface area contributed by atoms with Gasteiger partial charge in [0, 0.05) is 6.42 Å². The zero-order valence-corrected chi connectivity index (χ0v) is 39.6. The highest BCUT2D eigenvalue weighted by atomic mass is 32.3. The molecule has 6 N–H and O–H groups in total. The highest BCUT2D eigenvalue weighted by molar-refractivity contribution is 7.80. The van der Waals surface area contributed by atoms with E-state index in [-0.39, 0.29) is 18.9 Å². The van der Waals surface area contributed by atoms with Crippen molar-refractivity contribution in [1.29, 1.82) is 0 Å². The molecule has 0 bridgehead atoms. The summed E-state index contributed by atoms with van der Waals surface area (Å²) in [6, 6.07) is -0.857. The molecule has 13 heteroatoms. The number of amides is 1. The number of hydrogen-bond acceptors (Lipinski definition) is 10. The quantitative estimate of drug-likeness (QED) is 0.0194. The van der Waals surface area contributed by atoms with Gasteiger partial charge in [0.25, 0.3) is 0 Å². The number of carbonyl (C=O) groups is 1. The second-order valence-electron chi connectivity index (χ2n) is 17.8.